The molecule has 0 aromatic heterocycles. The van der Waals surface area contributed by atoms with Gasteiger partial charge in [-0.1, -0.05) is 0 Å². The van der Waals surface area contributed by atoms with Crippen LogP contribution in [0.4, 0.5) is 0 Å². The van der Waals surface area contributed by atoms with Gasteiger partial charge < -0.3 is 4.74 Å². The first-order valence-electron chi connectivity index (χ1n) is 8.48. The van der Waals surface area contributed by atoms with Crippen LogP contribution >= 0.6 is 0 Å². The third kappa shape index (κ3) is 3.42. The van der Waals surface area contributed by atoms with Crippen molar-refractivity contribution in [3.8, 4) is 11.8 Å². The average molecular weight is 348 g/mol. The molecule has 24 heavy (non-hydrogen) atoms. The first-order chi connectivity index (χ1) is 11.3. The lowest BCUT2D eigenvalue weighted by atomic mass is 9.89. The zero-order valence-electron chi connectivity index (χ0n) is 14.4. The molecule has 1 saturated carbocycles. The summed E-state index contributed by atoms with van der Waals surface area (Å²) >= 11 is 0. The quantitative estimate of drug-likeness (QED) is 0.819. The molecule has 0 radical (unpaired) electrons. The number of sulfonamides is 1. The number of hydrogen-bond donors (Lipinski definition) is 0. The third-order valence-corrected chi connectivity index (χ3v) is 6.62. The maximum absolute atomic E-state index is 12.8. The highest BCUT2D eigenvalue weighted by Gasteiger charge is 2.42. The van der Waals surface area contributed by atoms with E-state index in [1.807, 2.05) is 13.8 Å². The summed E-state index contributed by atoms with van der Waals surface area (Å²) in [6.45, 7) is 6.21. The fourth-order valence-electron chi connectivity index (χ4n) is 3.30. The maximum Gasteiger partial charge on any atom is 0.214 e. The van der Waals surface area contributed by atoms with Gasteiger partial charge >= 0.3 is 0 Å². The summed E-state index contributed by atoms with van der Waals surface area (Å²) in [5.74, 6) is 1.23. The molecule has 1 atom stereocenters. The Morgan fingerprint density at radius 2 is 2.08 bits per heavy atom. The molecule has 1 aliphatic carbocycles. The van der Waals surface area contributed by atoms with Crippen LogP contribution in [0, 0.1) is 17.2 Å². The van der Waals surface area contributed by atoms with Crippen LogP contribution in [0.3, 0.4) is 0 Å². The van der Waals surface area contributed by atoms with Crippen molar-refractivity contribution < 1.29 is 13.2 Å². The van der Waals surface area contributed by atoms with Gasteiger partial charge in [-0.2, -0.15) is 9.57 Å². The zero-order valence-corrected chi connectivity index (χ0v) is 15.3. The van der Waals surface area contributed by atoms with Crippen molar-refractivity contribution in [2.24, 2.45) is 5.92 Å². The van der Waals surface area contributed by atoms with Crippen molar-refractivity contribution >= 4 is 10.0 Å². The molecule has 0 saturated heterocycles. The van der Waals surface area contributed by atoms with E-state index in [2.05, 4.69) is 6.07 Å². The second kappa shape index (κ2) is 6.05. The van der Waals surface area contributed by atoms with Gasteiger partial charge in [0.2, 0.25) is 10.0 Å². The molecule has 1 heterocycles. The van der Waals surface area contributed by atoms with Crippen LogP contribution in [-0.2, 0) is 10.0 Å². The molecule has 5 nitrogen and oxygen atoms in total. The molecule has 1 unspecified atom stereocenters. The molecule has 3 rings (SSSR count). The van der Waals surface area contributed by atoms with Gasteiger partial charge in [0, 0.05) is 18.5 Å². The van der Waals surface area contributed by atoms with Crippen molar-refractivity contribution in [1.29, 1.82) is 5.26 Å². The Morgan fingerprint density at radius 1 is 1.38 bits per heavy atom. The topological polar surface area (TPSA) is 70.4 Å². The standard InChI is InChI=1S/C18H24N2O3S/c1-4-24(21,22)20(12-13-5-6-13)16-10-18(2,3)23-17-8-7-14(11-19)9-15(16)17/h7-9,13,16H,4-6,10,12H2,1-3H3. The lowest BCUT2D eigenvalue weighted by Gasteiger charge is -2.42. The van der Waals surface area contributed by atoms with Crippen molar-refractivity contribution in [2.75, 3.05) is 12.3 Å². The van der Waals surface area contributed by atoms with E-state index in [1.54, 1.807) is 29.4 Å². The van der Waals surface area contributed by atoms with Crippen LogP contribution in [0.15, 0.2) is 18.2 Å². The summed E-state index contributed by atoms with van der Waals surface area (Å²) < 4.78 is 33.2. The van der Waals surface area contributed by atoms with E-state index in [-0.39, 0.29) is 11.8 Å². The zero-order chi connectivity index (χ0) is 17.5. The molecule has 1 aromatic rings. The largest absolute Gasteiger partial charge is 0.487 e. The number of nitriles is 1. The van der Waals surface area contributed by atoms with Gasteiger partial charge in [0.1, 0.15) is 11.4 Å². The Morgan fingerprint density at radius 3 is 2.67 bits per heavy atom. The molecule has 2 aliphatic rings. The first-order valence-corrected chi connectivity index (χ1v) is 10.1. The Kier molecular flexibility index (Phi) is 4.35. The lowest BCUT2D eigenvalue weighted by Crippen LogP contribution is -2.45. The van der Waals surface area contributed by atoms with Gasteiger partial charge in [0.15, 0.2) is 0 Å². The Hall–Kier alpha value is -1.58. The van der Waals surface area contributed by atoms with Crippen LogP contribution in [0.5, 0.6) is 5.75 Å². The van der Waals surface area contributed by atoms with E-state index >= 15 is 0 Å². The second-order valence-electron chi connectivity index (χ2n) is 7.36. The Bertz CT molecular complexity index is 776. The van der Waals surface area contributed by atoms with Crippen LogP contribution in [0.1, 0.15) is 57.2 Å². The molecule has 1 fully saturated rings. The fraction of sp³-hybridized carbons (Fsp3) is 0.611. The fourth-order valence-corrected chi connectivity index (χ4v) is 4.64. The van der Waals surface area contributed by atoms with Crippen molar-refractivity contribution in [3.63, 3.8) is 0 Å². The SMILES string of the molecule is CCS(=O)(=O)N(CC1CC1)C1CC(C)(C)Oc2ccc(C#N)cc21. The van der Waals surface area contributed by atoms with Crippen LogP contribution in [-0.4, -0.2) is 30.6 Å². The first kappa shape index (κ1) is 17.2. The van der Waals surface area contributed by atoms with Gasteiger partial charge in [-0.15, -0.1) is 0 Å². The van der Waals surface area contributed by atoms with E-state index in [9.17, 15) is 13.7 Å². The molecular weight excluding hydrogens is 324 g/mol. The van der Waals surface area contributed by atoms with Gasteiger partial charge in [-0.3, -0.25) is 0 Å². The predicted molar refractivity (Wildman–Crippen MR) is 92.1 cm³/mol. The van der Waals surface area contributed by atoms with Gasteiger partial charge in [-0.05, 0) is 57.7 Å². The highest BCUT2D eigenvalue weighted by molar-refractivity contribution is 7.89. The molecular formula is C18H24N2O3S. The number of ether oxygens (including phenoxy) is 1. The molecule has 1 aromatic carbocycles. The number of benzene rings is 1. The summed E-state index contributed by atoms with van der Waals surface area (Å²) in [5, 5.41) is 9.21. The van der Waals surface area contributed by atoms with Crippen LogP contribution in [0.25, 0.3) is 0 Å². The van der Waals surface area contributed by atoms with Gasteiger partial charge in [-0.25, -0.2) is 8.42 Å². The van der Waals surface area contributed by atoms with Crippen molar-refractivity contribution in [1.82, 2.24) is 4.31 Å². The van der Waals surface area contributed by atoms with Crippen molar-refractivity contribution in [3.05, 3.63) is 29.3 Å². The summed E-state index contributed by atoms with van der Waals surface area (Å²) in [7, 11) is -3.33. The number of nitrogens with zero attached hydrogens (tertiary/aromatic N) is 2. The van der Waals surface area contributed by atoms with E-state index in [0.29, 0.717) is 30.2 Å². The normalized spacial score (nSPS) is 22.5. The molecule has 0 spiro atoms. The minimum Gasteiger partial charge on any atom is -0.487 e. The van der Waals surface area contributed by atoms with E-state index in [4.69, 9.17) is 4.74 Å². The summed E-state index contributed by atoms with van der Waals surface area (Å²) in [6, 6.07) is 7.15. The molecule has 0 amide bonds. The molecule has 6 heteroatoms. The maximum atomic E-state index is 12.8. The molecule has 0 bridgehead atoms. The van der Waals surface area contributed by atoms with E-state index < -0.39 is 15.6 Å². The number of hydrogen-bond acceptors (Lipinski definition) is 4. The van der Waals surface area contributed by atoms with Crippen molar-refractivity contribution in [2.45, 2.75) is 51.7 Å². The highest BCUT2D eigenvalue weighted by Crippen LogP contribution is 2.45. The molecule has 130 valence electrons. The molecule has 1 aliphatic heterocycles. The summed E-state index contributed by atoms with van der Waals surface area (Å²) in [4.78, 5) is 0. The third-order valence-electron chi connectivity index (χ3n) is 4.77. The number of rotatable bonds is 5. The van der Waals surface area contributed by atoms with Crippen LogP contribution < -0.4 is 4.74 Å². The van der Waals surface area contributed by atoms with E-state index in [1.165, 1.54) is 0 Å². The number of fused-ring (bicyclic) bond motifs is 1. The smallest absolute Gasteiger partial charge is 0.214 e. The lowest BCUT2D eigenvalue weighted by molar-refractivity contribution is 0.0496. The minimum atomic E-state index is -3.33. The van der Waals surface area contributed by atoms with Gasteiger partial charge in [0.05, 0.1) is 23.4 Å². The van der Waals surface area contributed by atoms with Gasteiger partial charge in [0.25, 0.3) is 0 Å². The monoisotopic (exact) mass is 348 g/mol. The minimum absolute atomic E-state index is 0.0881. The predicted octanol–water partition coefficient (Wildman–Crippen LogP) is 3.22. The summed E-state index contributed by atoms with van der Waals surface area (Å²) in [6.07, 6.45) is 2.77. The Labute approximate surface area is 144 Å². The molecule has 0 N–H and O–H groups in total. The Balaban J connectivity index is 2.08. The summed E-state index contributed by atoms with van der Waals surface area (Å²) in [5.41, 5.74) is 0.894. The average Bonchev–Trinajstić information content (AvgIpc) is 3.34. The van der Waals surface area contributed by atoms with Crippen LogP contribution in [0.2, 0.25) is 0 Å². The van der Waals surface area contributed by atoms with E-state index in [0.717, 1.165) is 18.4 Å². The second-order valence-corrected chi connectivity index (χ2v) is 9.57. The highest BCUT2D eigenvalue weighted by atomic mass is 32.2.